The van der Waals surface area contributed by atoms with Crippen molar-refractivity contribution in [1.82, 2.24) is 4.31 Å². The molecule has 0 fully saturated rings. The van der Waals surface area contributed by atoms with Crippen molar-refractivity contribution in [3.8, 4) is 11.8 Å². The maximum absolute atomic E-state index is 12.2. The average molecular weight is 296 g/mol. The average Bonchev–Trinajstić information content (AvgIpc) is 2.36. The highest BCUT2D eigenvalue weighted by molar-refractivity contribution is 7.89. The number of rotatable bonds is 4. The van der Waals surface area contributed by atoms with E-state index in [4.69, 9.17) is 10.8 Å². The monoisotopic (exact) mass is 296 g/mol. The first kappa shape index (κ1) is 16.2. The number of sulfonamides is 1. The molecular formula is C13H16N2O4S. The van der Waals surface area contributed by atoms with Gasteiger partial charge in [0.05, 0.1) is 11.4 Å². The molecule has 3 N–H and O–H groups in total. The van der Waals surface area contributed by atoms with Gasteiger partial charge in [0.15, 0.2) is 0 Å². The summed E-state index contributed by atoms with van der Waals surface area (Å²) >= 11 is 0. The second-order valence-corrected chi connectivity index (χ2v) is 6.21. The summed E-state index contributed by atoms with van der Waals surface area (Å²) in [5, 5.41) is 8.64. The summed E-state index contributed by atoms with van der Waals surface area (Å²) in [6, 6.07) is 4.43. The number of benzene rings is 1. The molecule has 0 atom stereocenters. The molecule has 6 nitrogen and oxygen atoms in total. The van der Waals surface area contributed by atoms with Crippen LogP contribution >= 0.6 is 0 Å². The minimum absolute atomic E-state index is 0.0632. The number of nitrogens with zero attached hydrogens (tertiary/aromatic N) is 1. The van der Waals surface area contributed by atoms with Gasteiger partial charge in [-0.25, -0.2) is 8.42 Å². The third-order valence-electron chi connectivity index (χ3n) is 2.59. The molecule has 0 spiro atoms. The van der Waals surface area contributed by atoms with Crippen molar-refractivity contribution in [2.75, 3.05) is 20.2 Å². The van der Waals surface area contributed by atoms with Gasteiger partial charge in [-0.1, -0.05) is 11.8 Å². The first-order valence-corrected chi connectivity index (χ1v) is 7.18. The first-order chi connectivity index (χ1) is 9.28. The van der Waals surface area contributed by atoms with E-state index in [0.717, 1.165) is 4.31 Å². The number of carbonyl (C=O) groups is 1. The maximum atomic E-state index is 12.2. The predicted octanol–water partition coefficient (Wildman–Crippen LogP) is -0.555. The lowest BCUT2D eigenvalue weighted by atomic mass is 10.1. The fourth-order valence-corrected chi connectivity index (χ4v) is 2.78. The fraction of sp³-hybridized carbons (Fsp3) is 0.308. The SMILES string of the molecule is Cc1cc(S(=O)(=O)N(C)CC(N)=O)ccc1C#CCO. The third-order valence-corrected chi connectivity index (χ3v) is 4.39. The smallest absolute Gasteiger partial charge is 0.243 e. The van der Waals surface area contributed by atoms with E-state index in [1.807, 2.05) is 0 Å². The summed E-state index contributed by atoms with van der Waals surface area (Å²) in [6.07, 6.45) is 0. The lowest BCUT2D eigenvalue weighted by Crippen LogP contribution is -2.35. The third kappa shape index (κ3) is 3.81. The van der Waals surface area contributed by atoms with Gasteiger partial charge < -0.3 is 10.8 Å². The highest BCUT2D eigenvalue weighted by Crippen LogP contribution is 2.18. The van der Waals surface area contributed by atoms with Crippen LogP contribution in [0.4, 0.5) is 0 Å². The Morgan fingerprint density at radius 1 is 1.45 bits per heavy atom. The standard InChI is InChI=1S/C13H16N2O4S/c1-10-8-12(6-5-11(10)4-3-7-16)20(18,19)15(2)9-13(14)17/h5-6,8,16H,7,9H2,1-2H3,(H2,14,17). The Bertz CT molecular complexity index is 671. The first-order valence-electron chi connectivity index (χ1n) is 5.74. The fourth-order valence-electron chi connectivity index (χ4n) is 1.56. The van der Waals surface area contributed by atoms with Crippen LogP contribution in [-0.4, -0.2) is 43.9 Å². The van der Waals surface area contributed by atoms with Crippen LogP contribution in [0.15, 0.2) is 23.1 Å². The Hall–Kier alpha value is -1.88. The van der Waals surface area contributed by atoms with Gasteiger partial charge in [0.1, 0.15) is 6.61 Å². The van der Waals surface area contributed by atoms with Crippen LogP contribution in [0.25, 0.3) is 0 Å². The van der Waals surface area contributed by atoms with E-state index < -0.39 is 15.9 Å². The Kier molecular flexibility index (Phi) is 5.27. The summed E-state index contributed by atoms with van der Waals surface area (Å²) in [7, 11) is -2.47. The molecule has 0 saturated heterocycles. The number of nitrogens with two attached hydrogens (primary N) is 1. The molecule has 0 aliphatic rings. The van der Waals surface area contributed by atoms with Gasteiger partial charge >= 0.3 is 0 Å². The molecule has 1 rings (SSSR count). The molecule has 0 aliphatic heterocycles. The van der Waals surface area contributed by atoms with E-state index in [1.54, 1.807) is 13.0 Å². The molecule has 0 radical (unpaired) electrons. The Morgan fingerprint density at radius 2 is 2.10 bits per heavy atom. The van der Waals surface area contributed by atoms with Crippen molar-refractivity contribution in [3.63, 3.8) is 0 Å². The summed E-state index contributed by atoms with van der Waals surface area (Å²) in [6.45, 7) is 1.07. The number of carbonyl (C=O) groups excluding carboxylic acids is 1. The lowest BCUT2D eigenvalue weighted by molar-refractivity contribution is -0.118. The van der Waals surface area contributed by atoms with E-state index in [-0.39, 0.29) is 18.0 Å². The van der Waals surface area contributed by atoms with Crippen molar-refractivity contribution in [3.05, 3.63) is 29.3 Å². The Balaban J connectivity index is 3.15. The number of likely N-dealkylation sites (N-methyl/N-ethyl adjacent to an activating group) is 1. The van der Waals surface area contributed by atoms with Crippen molar-refractivity contribution in [1.29, 1.82) is 0 Å². The van der Waals surface area contributed by atoms with Crippen molar-refractivity contribution in [2.24, 2.45) is 5.73 Å². The van der Waals surface area contributed by atoms with Crippen LogP contribution in [0.2, 0.25) is 0 Å². The second kappa shape index (κ2) is 6.52. The quantitative estimate of drug-likeness (QED) is 0.728. The zero-order valence-electron chi connectivity index (χ0n) is 11.3. The number of primary amides is 1. The molecule has 7 heteroatoms. The number of aliphatic hydroxyl groups is 1. The van der Waals surface area contributed by atoms with Crippen LogP contribution in [0.1, 0.15) is 11.1 Å². The number of aliphatic hydroxyl groups excluding tert-OH is 1. The molecule has 0 aromatic heterocycles. The van der Waals surface area contributed by atoms with Gasteiger partial charge in [-0.2, -0.15) is 4.31 Å². The molecular weight excluding hydrogens is 280 g/mol. The molecule has 0 bridgehead atoms. The normalized spacial score (nSPS) is 11.0. The molecule has 1 aromatic rings. The minimum atomic E-state index is -3.76. The van der Waals surface area contributed by atoms with Gasteiger partial charge in [-0.3, -0.25) is 4.79 Å². The van der Waals surface area contributed by atoms with E-state index in [9.17, 15) is 13.2 Å². The summed E-state index contributed by atoms with van der Waals surface area (Å²) in [5.41, 5.74) is 6.29. The summed E-state index contributed by atoms with van der Waals surface area (Å²) in [4.78, 5) is 10.9. The molecule has 0 heterocycles. The van der Waals surface area contributed by atoms with E-state index in [1.165, 1.54) is 19.2 Å². The number of amides is 1. The van der Waals surface area contributed by atoms with Crippen LogP contribution in [0.3, 0.4) is 0 Å². The minimum Gasteiger partial charge on any atom is -0.384 e. The van der Waals surface area contributed by atoms with Gasteiger partial charge in [-0.15, -0.1) is 0 Å². The summed E-state index contributed by atoms with van der Waals surface area (Å²) < 4.78 is 25.3. The number of hydrogen-bond acceptors (Lipinski definition) is 4. The maximum Gasteiger partial charge on any atom is 0.243 e. The molecule has 108 valence electrons. The molecule has 1 aromatic carbocycles. The largest absolute Gasteiger partial charge is 0.384 e. The zero-order chi connectivity index (χ0) is 15.3. The summed E-state index contributed by atoms with van der Waals surface area (Å²) in [5.74, 6) is 4.49. The topological polar surface area (TPSA) is 101 Å². The number of aryl methyl sites for hydroxylation is 1. The van der Waals surface area contributed by atoms with Gasteiger partial charge in [-0.05, 0) is 30.7 Å². The van der Waals surface area contributed by atoms with E-state index >= 15 is 0 Å². The van der Waals surface area contributed by atoms with Crippen LogP contribution in [0, 0.1) is 18.8 Å². The van der Waals surface area contributed by atoms with Gasteiger partial charge in [0.25, 0.3) is 0 Å². The molecule has 0 saturated carbocycles. The highest BCUT2D eigenvalue weighted by atomic mass is 32.2. The molecule has 0 aliphatic carbocycles. The lowest BCUT2D eigenvalue weighted by Gasteiger charge is -2.15. The van der Waals surface area contributed by atoms with Crippen LogP contribution in [-0.2, 0) is 14.8 Å². The van der Waals surface area contributed by atoms with Crippen molar-refractivity contribution in [2.45, 2.75) is 11.8 Å². The molecule has 20 heavy (non-hydrogen) atoms. The van der Waals surface area contributed by atoms with Gasteiger partial charge in [0.2, 0.25) is 15.9 Å². The Labute approximate surface area is 118 Å². The molecule has 0 unspecified atom stereocenters. The van der Waals surface area contributed by atoms with Crippen LogP contribution < -0.4 is 5.73 Å². The van der Waals surface area contributed by atoms with Crippen molar-refractivity contribution < 1.29 is 18.3 Å². The van der Waals surface area contributed by atoms with E-state index in [2.05, 4.69) is 11.8 Å². The van der Waals surface area contributed by atoms with Crippen LogP contribution in [0.5, 0.6) is 0 Å². The highest BCUT2D eigenvalue weighted by Gasteiger charge is 2.22. The second-order valence-electron chi connectivity index (χ2n) is 4.16. The number of hydrogen-bond donors (Lipinski definition) is 2. The van der Waals surface area contributed by atoms with Crippen molar-refractivity contribution >= 4 is 15.9 Å². The zero-order valence-corrected chi connectivity index (χ0v) is 12.1. The molecule has 1 amide bonds. The van der Waals surface area contributed by atoms with E-state index in [0.29, 0.717) is 11.1 Å². The van der Waals surface area contributed by atoms with Gasteiger partial charge in [0, 0.05) is 12.6 Å². The predicted molar refractivity (Wildman–Crippen MR) is 74.2 cm³/mol. The Morgan fingerprint density at radius 3 is 2.60 bits per heavy atom.